The number of nitrogens with zero attached hydrogens (tertiary/aromatic N) is 2. The topological polar surface area (TPSA) is 48.3 Å². The Kier molecular flexibility index (Phi) is 4.82. The first-order valence-corrected chi connectivity index (χ1v) is 7.03. The molecule has 5 heteroatoms. The van der Waals surface area contributed by atoms with Gasteiger partial charge in [-0.25, -0.2) is 4.98 Å². The van der Waals surface area contributed by atoms with Gasteiger partial charge in [-0.15, -0.1) is 0 Å². The van der Waals surface area contributed by atoms with E-state index in [2.05, 4.69) is 28.0 Å². The summed E-state index contributed by atoms with van der Waals surface area (Å²) in [4.78, 5) is 4.54. The summed E-state index contributed by atoms with van der Waals surface area (Å²) < 4.78 is 13.0. The summed E-state index contributed by atoms with van der Waals surface area (Å²) >= 11 is 0. The van der Waals surface area contributed by atoms with E-state index in [1.165, 1.54) is 0 Å². The summed E-state index contributed by atoms with van der Waals surface area (Å²) in [5.41, 5.74) is 0.995. The number of anilines is 1. The van der Waals surface area contributed by atoms with E-state index in [0.29, 0.717) is 0 Å². The van der Waals surface area contributed by atoms with E-state index in [1.807, 2.05) is 6.92 Å². The van der Waals surface area contributed by atoms with E-state index in [0.717, 1.165) is 57.2 Å². The lowest BCUT2D eigenvalue weighted by Gasteiger charge is -2.23. The number of methoxy groups -OCH3 is 1. The second kappa shape index (κ2) is 6.39. The van der Waals surface area contributed by atoms with Crippen molar-refractivity contribution in [2.75, 3.05) is 32.2 Å². The molecule has 0 radical (unpaired) electrons. The third-order valence-electron chi connectivity index (χ3n) is 3.57. The molecule has 5 nitrogen and oxygen atoms in total. The minimum absolute atomic E-state index is 0.0444. The van der Waals surface area contributed by atoms with Crippen LogP contribution in [-0.4, -0.2) is 42.0 Å². The van der Waals surface area contributed by atoms with Crippen LogP contribution in [0.2, 0.25) is 0 Å². The molecular weight excluding hydrogens is 242 g/mol. The van der Waals surface area contributed by atoms with Crippen molar-refractivity contribution in [3.8, 4) is 0 Å². The predicted molar refractivity (Wildman–Crippen MR) is 75.5 cm³/mol. The van der Waals surface area contributed by atoms with Crippen molar-refractivity contribution < 1.29 is 9.47 Å². The van der Waals surface area contributed by atoms with Crippen LogP contribution >= 0.6 is 0 Å². The number of aromatic nitrogens is 2. The van der Waals surface area contributed by atoms with Gasteiger partial charge in [0, 0.05) is 39.6 Å². The van der Waals surface area contributed by atoms with E-state index in [4.69, 9.17) is 9.47 Å². The smallest absolute Gasteiger partial charge is 0.203 e. The minimum atomic E-state index is -0.0444. The summed E-state index contributed by atoms with van der Waals surface area (Å²) in [7, 11) is 1.73. The lowest BCUT2D eigenvalue weighted by molar-refractivity contribution is 0.0313. The molecule has 1 atom stereocenters. The Bertz CT molecular complexity index is 397. The van der Waals surface area contributed by atoms with Crippen molar-refractivity contribution in [3.63, 3.8) is 0 Å². The molecule has 0 aromatic carbocycles. The van der Waals surface area contributed by atoms with Gasteiger partial charge in [-0.2, -0.15) is 0 Å². The Labute approximate surface area is 115 Å². The van der Waals surface area contributed by atoms with E-state index in [9.17, 15) is 0 Å². The average Bonchev–Trinajstić information content (AvgIpc) is 2.95. The number of imidazole rings is 1. The second-order valence-electron chi connectivity index (χ2n) is 5.50. The highest BCUT2D eigenvalue weighted by Crippen LogP contribution is 2.25. The molecule has 1 fully saturated rings. The first-order chi connectivity index (χ1) is 9.13. The van der Waals surface area contributed by atoms with E-state index in [1.54, 1.807) is 7.11 Å². The van der Waals surface area contributed by atoms with Crippen LogP contribution in [0.5, 0.6) is 0 Å². The molecule has 2 rings (SSSR count). The molecule has 0 amide bonds. The van der Waals surface area contributed by atoms with Gasteiger partial charge in [0.2, 0.25) is 5.95 Å². The Morgan fingerprint density at radius 1 is 1.58 bits per heavy atom. The van der Waals surface area contributed by atoms with Crippen molar-refractivity contribution in [3.05, 3.63) is 11.9 Å². The van der Waals surface area contributed by atoms with Gasteiger partial charge in [0.25, 0.3) is 0 Å². The van der Waals surface area contributed by atoms with Crippen LogP contribution < -0.4 is 5.32 Å². The zero-order valence-electron chi connectivity index (χ0n) is 12.2. The number of nitrogens with one attached hydrogen (secondary N) is 1. The normalized spacial score (nSPS) is 22.9. The van der Waals surface area contributed by atoms with Gasteiger partial charge in [-0.05, 0) is 33.1 Å². The quantitative estimate of drug-likeness (QED) is 0.770. The lowest BCUT2D eigenvalue weighted by Crippen LogP contribution is -2.33. The number of aryl methyl sites for hydroxylation is 2. The third kappa shape index (κ3) is 3.94. The van der Waals surface area contributed by atoms with Crippen LogP contribution in [0, 0.1) is 6.92 Å². The standard InChI is InChI=1S/C14H25N3O2/c1-12-10-17(7-5-8-18-3)13(16-12)15-11-14(2)6-4-9-19-14/h10H,4-9,11H2,1-3H3,(H,15,16). The largest absolute Gasteiger partial charge is 0.385 e. The van der Waals surface area contributed by atoms with Gasteiger partial charge in [-0.3, -0.25) is 0 Å². The average molecular weight is 267 g/mol. The van der Waals surface area contributed by atoms with Crippen LogP contribution in [0.25, 0.3) is 0 Å². The van der Waals surface area contributed by atoms with Crippen molar-refractivity contribution in [1.29, 1.82) is 0 Å². The maximum Gasteiger partial charge on any atom is 0.203 e. The summed E-state index contributed by atoms with van der Waals surface area (Å²) in [6.07, 6.45) is 5.34. The molecule has 1 unspecified atom stereocenters. The SMILES string of the molecule is COCCCn1cc(C)nc1NCC1(C)CCCO1. The fraction of sp³-hybridized carbons (Fsp3) is 0.786. The number of ether oxygens (including phenoxy) is 2. The van der Waals surface area contributed by atoms with Gasteiger partial charge < -0.3 is 19.4 Å². The fourth-order valence-electron chi connectivity index (χ4n) is 2.48. The zero-order chi connectivity index (χ0) is 13.7. The van der Waals surface area contributed by atoms with E-state index >= 15 is 0 Å². The highest BCUT2D eigenvalue weighted by molar-refractivity contribution is 5.29. The Morgan fingerprint density at radius 3 is 3.11 bits per heavy atom. The third-order valence-corrected chi connectivity index (χ3v) is 3.57. The van der Waals surface area contributed by atoms with Gasteiger partial charge in [0.15, 0.2) is 0 Å². The molecule has 0 bridgehead atoms. The summed E-state index contributed by atoms with van der Waals surface area (Å²) in [6.45, 7) is 7.57. The first kappa shape index (κ1) is 14.3. The molecule has 1 aliphatic heterocycles. The summed E-state index contributed by atoms with van der Waals surface area (Å²) in [5.74, 6) is 0.935. The maximum absolute atomic E-state index is 5.79. The molecule has 0 spiro atoms. The Balaban J connectivity index is 1.91. The maximum atomic E-state index is 5.79. The highest BCUT2D eigenvalue weighted by atomic mass is 16.5. The number of hydrogen-bond acceptors (Lipinski definition) is 4. The number of hydrogen-bond donors (Lipinski definition) is 1. The molecule has 1 N–H and O–H groups in total. The van der Waals surface area contributed by atoms with Crippen LogP contribution in [-0.2, 0) is 16.0 Å². The highest BCUT2D eigenvalue weighted by Gasteiger charge is 2.29. The molecule has 2 heterocycles. The molecule has 0 saturated carbocycles. The van der Waals surface area contributed by atoms with Gasteiger partial charge in [-0.1, -0.05) is 0 Å². The molecule has 1 aromatic rings. The number of rotatable bonds is 7. The monoisotopic (exact) mass is 267 g/mol. The zero-order valence-corrected chi connectivity index (χ0v) is 12.2. The lowest BCUT2D eigenvalue weighted by atomic mass is 10.0. The minimum Gasteiger partial charge on any atom is -0.385 e. The Hall–Kier alpha value is -1.07. The van der Waals surface area contributed by atoms with Crippen molar-refractivity contribution in [1.82, 2.24) is 9.55 Å². The van der Waals surface area contributed by atoms with Crippen LogP contribution in [0.1, 0.15) is 31.9 Å². The van der Waals surface area contributed by atoms with Crippen molar-refractivity contribution >= 4 is 5.95 Å². The Morgan fingerprint density at radius 2 is 2.42 bits per heavy atom. The fourth-order valence-corrected chi connectivity index (χ4v) is 2.48. The van der Waals surface area contributed by atoms with Gasteiger partial charge in [0.05, 0.1) is 11.3 Å². The van der Waals surface area contributed by atoms with E-state index < -0.39 is 0 Å². The molecule has 108 valence electrons. The van der Waals surface area contributed by atoms with Crippen LogP contribution in [0.15, 0.2) is 6.20 Å². The molecule has 1 aromatic heterocycles. The molecule has 1 saturated heterocycles. The molecule has 0 aliphatic carbocycles. The molecule has 1 aliphatic rings. The summed E-state index contributed by atoms with van der Waals surface area (Å²) in [6, 6.07) is 0. The first-order valence-electron chi connectivity index (χ1n) is 7.03. The van der Waals surface area contributed by atoms with E-state index in [-0.39, 0.29) is 5.60 Å². The van der Waals surface area contributed by atoms with Gasteiger partial charge in [0.1, 0.15) is 0 Å². The molecular formula is C14H25N3O2. The van der Waals surface area contributed by atoms with Gasteiger partial charge >= 0.3 is 0 Å². The second-order valence-corrected chi connectivity index (χ2v) is 5.50. The van der Waals surface area contributed by atoms with Crippen LogP contribution in [0.3, 0.4) is 0 Å². The van der Waals surface area contributed by atoms with Crippen LogP contribution in [0.4, 0.5) is 5.95 Å². The van der Waals surface area contributed by atoms with Crippen molar-refractivity contribution in [2.45, 2.75) is 45.3 Å². The summed E-state index contributed by atoms with van der Waals surface area (Å²) in [5, 5.41) is 3.43. The predicted octanol–water partition coefficient (Wildman–Crippen LogP) is 2.21. The molecule has 19 heavy (non-hydrogen) atoms. The van der Waals surface area contributed by atoms with Crippen molar-refractivity contribution in [2.24, 2.45) is 0 Å².